The summed E-state index contributed by atoms with van der Waals surface area (Å²) >= 11 is 6.05. The predicted octanol–water partition coefficient (Wildman–Crippen LogP) is 2.79. The van der Waals surface area contributed by atoms with Gasteiger partial charge in [-0.1, -0.05) is 41.9 Å². The number of fused-ring (bicyclic) bond motifs is 4. The maximum absolute atomic E-state index is 12.7. The molecule has 2 amide bonds. The fraction of sp³-hybridized carbons (Fsp3) is 0.200. The van der Waals surface area contributed by atoms with Gasteiger partial charge in [0, 0.05) is 28.0 Å². The van der Waals surface area contributed by atoms with Crippen molar-refractivity contribution >= 4 is 34.3 Å². The highest BCUT2D eigenvalue weighted by Gasteiger charge is 2.45. The van der Waals surface area contributed by atoms with Crippen LogP contribution in [0.1, 0.15) is 22.9 Å². The smallest absolute Gasteiger partial charge is 0.243 e. The van der Waals surface area contributed by atoms with Crippen molar-refractivity contribution in [2.24, 2.45) is 0 Å². The molecule has 3 heterocycles. The SMILES string of the molecule is O=C1NCC(=O)N2[C@@H](c3ccc(Cl)cc3)c3[nH]c4ccccc4c3C[C@@H]12. The van der Waals surface area contributed by atoms with Crippen molar-refractivity contribution in [1.82, 2.24) is 15.2 Å². The van der Waals surface area contributed by atoms with E-state index < -0.39 is 6.04 Å². The molecule has 3 aromatic rings. The van der Waals surface area contributed by atoms with E-state index in [4.69, 9.17) is 11.6 Å². The molecule has 1 fully saturated rings. The summed E-state index contributed by atoms with van der Waals surface area (Å²) in [6.45, 7) is 0.0367. The number of nitrogens with one attached hydrogen (secondary N) is 2. The Bertz CT molecular complexity index is 1040. The highest BCUT2D eigenvalue weighted by atomic mass is 35.5. The second-order valence-corrected chi connectivity index (χ2v) is 7.19. The minimum Gasteiger partial charge on any atom is -0.356 e. The number of hydrogen-bond acceptors (Lipinski definition) is 2. The molecule has 5 nitrogen and oxygen atoms in total. The van der Waals surface area contributed by atoms with Crippen molar-refractivity contribution in [2.45, 2.75) is 18.5 Å². The fourth-order valence-corrected chi connectivity index (χ4v) is 4.29. The summed E-state index contributed by atoms with van der Waals surface area (Å²) in [7, 11) is 0. The Labute approximate surface area is 154 Å². The van der Waals surface area contributed by atoms with E-state index in [0.29, 0.717) is 11.4 Å². The zero-order valence-corrected chi connectivity index (χ0v) is 14.6. The Kier molecular flexibility index (Phi) is 3.34. The zero-order chi connectivity index (χ0) is 17.8. The molecule has 1 aromatic heterocycles. The Balaban J connectivity index is 1.77. The first kappa shape index (κ1) is 15.5. The summed E-state index contributed by atoms with van der Waals surface area (Å²) in [5, 5.41) is 4.46. The van der Waals surface area contributed by atoms with Crippen LogP contribution in [0.15, 0.2) is 48.5 Å². The summed E-state index contributed by atoms with van der Waals surface area (Å²) in [5.41, 5.74) is 4.04. The molecule has 5 rings (SSSR count). The molecular weight excluding hydrogens is 350 g/mol. The number of aromatic nitrogens is 1. The number of amides is 2. The van der Waals surface area contributed by atoms with E-state index in [1.807, 2.05) is 42.5 Å². The van der Waals surface area contributed by atoms with Gasteiger partial charge in [-0.3, -0.25) is 9.59 Å². The third-order valence-electron chi connectivity index (χ3n) is 5.32. The summed E-state index contributed by atoms with van der Waals surface area (Å²) in [4.78, 5) is 30.5. The number of para-hydroxylation sites is 1. The molecule has 0 aliphatic carbocycles. The Hall–Kier alpha value is -2.79. The van der Waals surface area contributed by atoms with E-state index in [1.54, 1.807) is 4.90 Å². The van der Waals surface area contributed by atoms with Crippen LogP contribution < -0.4 is 5.32 Å². The van der Waals surface area contributed by atoms with Crippen LogP contribution in [-0.2, 0) is 16.0 Å². The van der Waals surface area contributed by atoms with Crippen LogP contribution in [0.25, 0.3) is 10.9 Å². The number of benzene rings is 2. The number of nitrogens with zero attached hydrogens (tertiary/aromatic N) is 1. The van der Waals surface area contributed by atoms with Gasteiger partial charge in [0.15, 0.2) is 0 Å². The Morgan fingerprint density at radius 3 is 2.62 bits per heavy atom. The zero-order valence-electron chi connectivity index (χ0n) is 13.8. The topological polar surface area (TPSA) is 65.2 Å². The largest absolute Gasteiger partial charge is 0.356 e. The second kappa shape index (κ2) is 5.61. The number of hydrogen-bond donors (Lipinski definition) is 2. The van der Waals surface area contributed by atoms with Crippen LogP contribution in [0, 0.1) is 0 Å². The molecule has 0 bridgehead atoms. The van der Waals surface area contributed by atoms with Crippen LogP contribution in [0.3, 0.4) is 0 Å². The molecule has 26 heavy (non-hydrogen) atoms. The van der Waals surface area contributed by atoms with E-state index >= 15 is 0 Å². The van der Waals surface area contributed by atoms with Crippen molar-refractivity contribution in [3.8, 4) is 0 Å². The normalized spacial score (nSPS) is 22.1. The molecule has 1 saturated heterocycles. The molecule has 0 saturated carbocycles. The van der Waals surface area contributed by atoms with Gasteiger partial charge >= 0.3 is 0 Å². The van der Waals surface area contributed by atoms with Crippen molar-refractivity contribution < 1.29 is 9.59 Å². The maximum Gasteiger partial charge on any atom is 0.243 e. The second-order valence-electron chi connectivity index (χ2n) is 6.76. The molecule has 0 radical (unpaired) electrons. The van der Waals surface area contributed by atoms with Gasteiger partial charge in [-0.05, 0) is 29.3 Å². The maximum atomic E-state index is 12.7. The number of halogens is 1. The van der Waals surface area contributed by atoms with Crippen molar-refractivity contribution in [2.75, 3.05) is 6.54 Å². The molecule has 2 atom stereocenters. The van der Waals surface area contributed by atoms with Gasteiger partial charge in [0.25, 0.3) is 0 Å². The number of H-pyrrole nitrogens is 1. The monoisotopic (exact) mass is 365 g/mol. The third-order valence-corrected chi connectivity index (χ3v) is 5.57. The van der Waals surface area contributed by atoms with Gasteiger partial charge in [-0.2, -0.15) is 0 Å². The minimum atomic E-state index is -0.497. The molecule has 2 N–H and O–H groups in total. The van der Waals surface area contributed by atoms with Gasteiger partial charge in [-0.25, -0.2) is 0 Å². The number of rotatable bonds is 1. The van der Waals surface area contributed by atoms with E-state index in [0.717, 1.165) is 27.7 Å². The van der Waals surface area contributed by atoms with E-state index in [2.05, 4.69) is 16.4 Å². The van der Waals surface area contributed by atoms with Crippen molar-refractivity contribution in [3.05, 3.63) is 70.4 Å². The molecule has 0 spiro atoms. The summed E-state index contributed by atoms with van der Waals surface area (Å²) in [6.07, 6.45) is 0.515. The Morgan fingerprint density at radius 1 is 1.04 bits per heavy atom. The lowest BCUT2D eigenvalue weighted by Crippen LogP contribution is -2.61. The van der Waals surface area contributed by atoms with E-state index in [1.165, 1.54) is 0 Å². The average molecular weight is 366 g/mol. The fourth-order valence-electron chi connectivity index (χ4n) is 4.17. The molecule has 2 aromatic carbocycles. The lowest BCUT2D eigenvalue weighted by molar-refractivity contribution is -0.148. The molecule has 0 unspecified atom stereocenters. The van der Waals surface area contributed by atoms with E-state index in [9.17, 15) is 9.59 Å². The summed E-state index contributed by atoms with van der Waals surface area (Å²) in [5.74, 6) is -0.168. The molecule has 2 aliphatic heterocycles. The van der Waals surface area contributed by atoms with Crippen LogP contribution >= 0.6 is 11.6 Å². The Morgan fingerprint density at radius 2 is 1.81 bits per heavy atom. The summed E-state index contributed by atoms with van der Waals surface area (Å²) < 4.78 is 0. The first-order valence-electron chi connectivity index (χ1n) is 8.57. The van der Waals surface area contributed by atoms with Crippen molar-refractivity contribution in [1.29, 1.82) is 0 Å². The first-order chi connectivity index (χ1) is 12.6. The van der Waals surface area contributed by atoms with Gasteiger partial charge < -0.3 is 15.2 Å². The minimum absolute atomic E-state index is 0.0367. The predicted molar refractivity (Wildman–Crippen MR) is 98.9 cm³/mol. The van der Waals surface area contributed by atoms with Gasteiger partial charge in [0.2, 0.25) is 11.8 Å². The van der Waals surface area contributed by atoms with Gasteiger partial charge in [0.1, 0.15) is 6.04 Å². The van der Waals surface area contributed by atoms with Crippen molar-refractivity contribution in [3.63, 3.8) is 0 Å². The summed E-state index contributed by atoms with van der Waals surface area (Å²) in [6, 6.07) is 14.7. The standard InChI is InChI=1S/C20H16ClN3O2/c21-12-7-5-11(6-8-12)19-18-14(13-3-1-2-4-15(13)23-18)9-16-20(26)22-10-17(25)24(16)19/h1-8,16,19,23H,9-10H2,(H,22,26)/t16-,19-/m0/s1. The molecular formula is C20H16ClN3O2. The number of piperazine rings is 1. The quantitative estimate of drug-likeness (QED) is 0.696. The van der Waals surface area contributed by atoms with Crippen LogP contribution in [0.5, 0.6) is 0 Å². The lowest BCUT2D eigenvalue weighted by atomic mass is 9.86. The van der Waals surface area contributed by atoms with Crippen LogP contribution in [0.2, 0.25) is 5.02 Å². The van der Waals surface area contributed by atoms with E-state index in [-0.39, 0.29) is 24.4 Å². The highest BCUT2D eigenvalue weighted by molar-refractivity contribution is 6.30. The highest BCUT2D eigenvalue weighted by Crippen LogP contribution is 2.41. The number of aromatic amines is 1. The van der Waals surface area contributed by atoms with Crippen LogP contribution in [0.4, 0.5) is 0 Å². The van der Waals surface area contributed by atoms with Crippen LogP contribution in [-0.4, -0.2) is 34.3 Å². The third kappa shape index (κ3) is 2.17. The average Bonchev–Trinajstić information content (AvgIpc) is 3.03. The molecule has 6 heteroatoms. The van der Waals surface area contributed by atoms with Gasteiger partial charge in [0.05, 0.1) is 12.6 Å². The number of carbonyl (C=O) groups excluding carboxylic acids is 2. The number of carbonyl (C=O) groups is 2. The molecule has 130 valence electrons. The lowest BCUT2D eigenvalue weighted by Gasteiger charge is -2.44. The first-order valence-corrected chi connectivity index (χ1v) is 8.95. The van der Waals surface area contributed by atoms with Gasteiger partial charge in [-0.15, -0.1) is 0 Å². The molecule has 2 aliphatic rings.